The summed E-state index contributed by atoms with van der Waals surface area (Å²) in [5.41, 5.74) is 0.898. The van der Waals surface area contributed by atoms with Crippen molar-refractivity contribution in [3.05, 3.63) is 70.8 Å². The molecule has 0 spiro atoms. The van der Waals surface area contributed by atoms with Gasteiger partial charge >= 0.3 is 0 Å². The first kappa shape index (κ1) is 17.7. The molecule has 0 saturated carbocycles. The maximum absolute atomic E-state index is 13.9. The highest BCUT2D eigenvalue weighted by atomic mass is 35.5. The number of aromatic nitrogens is 2. The zero-order valence-electron chi connectivity index (χ0n) is 14.4. The molecule has 1 amide bonds. The van der Waals surface area contributed by atoms with E-state index in [0.717, 1.165) is 18.4 Å². The summed E-state index contributed by atoms with van der Waals surface area (Å²) in [6.07, 6.45) is 1.63. The number of nitrogens with zero attached hydrogens (tertiary/aromatic N) is 3. The van der Waals surface area contributed by atoms with Crippen molar-refractivity contribution in [2.24, 2.45) is 0 Å². The highest BCUT2D eigenvalue weighted by molar-refractivity contribution is 6.30. The number of halogens is 2. The molecule has 0 radical (unpaired) electrons. The van der Waals surface area contributed by atoms with Crippen LogP contribution in [0, 0.1) is 5.82 Å². The minimum absolute atomic E-state index is 0.0666. The number of benzene rings is 2. The lowest BCUT2D eigenvalue weighted by atomic mass is 9.97. The minimum atomic E-state index is -0.507. The summed E-state index contributed by atoms with van der Waals surface area (Å²) in [4.78, 5) is 18.8. The molecule has 5 nitrogen and oxygen atoms in total. The van der Waals surface area contributed by atoms with Crippen LogP contribution >= 0.6 is 11.6 Å². The third kappa shape index (κ3) is 3.71. The maximum Gasteiger partial charge on any atom is 0.256 e. The molecule has 138 valence electrons. The summed E-state index contributed by atoms with van der Waals surface area (Å²) in [6, 6.07) is 13.2. The lowest BCUT2D eigenvalue weighted by Gasteiger charge is -2.31. The molecule has 1 aliphatic rings. The van der Waals surface area contributed by atoms with Crippen LogP contribution in [0.3, 0.4) is 0 Å². The Morgan fingerprint density at radius 2 is 1.96 bits per heavy atom. The molecule has 1 saturated heterocycles. The molecule has 1 fully saturated rings. The summed E-state index contributed by atoms with van der Waals surface area (Å²) >= 11 is 5.91. The van der Waals surface area contributed by atoms with Gasteiger partial charge < -0.3 is 9.42 Å². The standard InChI is InChI=1S/C20H17ClFN3O2/c21-15-9-7-13(8-10-15)18-23-19(27-24-18)14-4-3-11-25(12-14)20(26)16-5-1-2-6-17(16)22/h1-2,5-10,14H,3-4,11-12H2/t14-/m1/s1. The van der Waals surface area contributed by atoms with Gasteiger partial charge in [-0.2, -0.15) is 4.98 Å². The molecule has 2 aromatic carbocycles. The Morgan fingerprint density at radius 1 is 1.19 bits per heavy atom. The van der Waals surface area contributed by atoms with E-state index in [1.165, 1.54) is 12.1 Å². The summed E-state index contributed by atoms with van der Waals surface area (Å²) < 4.78 is 19.4. The average molecular weight is 386 g/mol. The molecular weight excluding hydrogens is 369 g/mol. The van der Waals surface area contributed by atoms with Crippen molar-refractivity contribution >= 4 is 17.5 Å². The van der Waals surface area contributed by atoms with Crippen molar-refractivity contribution in [3.8, 4) is 11.4 Å². The summed E-state index contributed by atoms with van der Waals surface area (Å²) in [7, 11) is 0. The van der Waals surface area contributed by atoms with Gasteiger partial charge in [0.05, 0.1) is 11.5 Å². The van der Waals surface area contributed by atoms with Gasteiger partial charge in [0.1, 0.15) is 5.82 Å². The fraction of sp³-hybridized carbons (Fsp3) is 0.250. The summed E-state index contributed by atoms with van der Waals surface area (Å²) in [6.45, 7) is 1.01. The van der Waals surface area contributed by atoms with E-state index in [-0.39, 0.29) is 17.4 Å². The first-order valence-corrected chi connectivity index (χ1v) is 9.13. The number of rotatable bonds is 3. The molecular formula is C20H17ClFN3O2. The van der Waals surface area contributed by atoms with Crippen molar-refractivity contribution in [1.29, 1.82) is 0 Å². The first-order chi connectivity index (χ1) is 13.1. The molecule has 0 N–H and O–H groups in total. The Balaban J connectivity index is 1.51. The van der Waals surface area contributed by atoms with Gasteiger partial charge in [0, 0.05) is 23.7 Å². The number of carbonyl (C=O) groups is 1. The van der Waals surface area contributed by atoms with Gasteiger partial charge in [-0.1, -0.05) is 28.9 Å². The largest absolute Gasteiger partial charge is 0.339 e. The second-order valence-electron chi connectivity index (χ2n) is 6.53. The number of likely N-dealkylation sites (tertiary alicyclic amines) is 1. The number of hydrogen-bond acceptors (Lipinski definition) is 4. The van der Waals surface area contributed by atoms with Gasteiger partial charge in [-0.3, -0.25) is 4.79 Å². The topological polar surface area (TPSA) is 59.2 Å². The van der Waals surface area contributed by atoms with Crippen LogP contribution in [0.1, 0.15) is 35.0 Å². The number of piperidine rings is 1. The van der Waals surface area contributed by atoms with E-state index in [1.54, 1.807) is 29.2 Å². The van der Waals surface area contributed by atoms with Gasteiger partial charge in [-0.05, 0) is 49.2 Å². The van der Waals surface area contributed by atoms with Gasteiger partial charge in [0.2, 0.25) is 11.7 Å². The van der Waals surface area contributed by atoms with Crippen molar-refractivity contribution in [2.75, 3.05) is 13.1 Å². The second-order valence-corrected chi connectivity index (χ2v) is 6.97. The quantitative estimate of drug-likeness (QED) is 0.663. The summed E-state index contributed by atoms with van der Waals surface area (Å²) in [5, 5.41) is 4.68. The zero-order chi connectivity index (χ0) is 18.8. The van der Waals surface area contributed by atoms with Crippen LogP contribution in [-0.4, -0.2) is 34.0 Å². The fourth-order valence-corrected chi connectivity index (χ4v) is 3.41. The van der Waals surface area contributed by atoms with Crippen LogP contribution < -0.4 is 0 Å². The van der Waals surface area contributed by atoms with E-state index in [2.05, 4.69) is 10.1 Å². The average Bonchev–Trinajstić information content (AvgIpc) is 3.19. The monoisotopic (exact) mass is 385 g/mol. The maximum atomic E-state index is 13.9. The Hall–Kier alpha value is -2.73. The van der Waals surface area contributed by atoms with Crippen LogP contribution in [0.5, 0.6) is 0 Å². The first-order valence-electron chi connectivity index (χ1n) is 8.75. The molecule has 4 rings (SSSR count). The van der Waals surface area contributed by atoms with Crippen molar-refractivity contribution in [1.82, 2.24) is 15.0 Å². The Morgan fingerprint density at radius 3 is 2.74 bits per heavy atom. The molecule has 0 unspecified atom stereocenters. The van der Waals surface area contributed by atoms with E-state index in [0.29, 0.717) is 29.8 Å². The molecule has 2 heterocycles. The Kier molecular flexibility index (Phi) is 4.90. The highest BCUT2D eigenvalue weighted by Gasteiger charge is 2.30. The zero-order valence-corrected chi connectivity index (χ0v) is 15.2. The van der Waals surface area contributed by atoms with E-state index in [9.17, 15) is 9.18 Å². The van der Waals surface area contributed by atoms with Gasteiger partial charge in [-0.25, -0.2) is 4.39 Å². The van der Waals surface area contributed by atoms with Crippen LogP contribution in [-0.2, 0) is 0 Å². The van der Waals surface area contributed by atoms with Crippen LogP contribution in [0.2, 0.25) is 5.02 Å². The third-order valence-corrected chi connectivity index (χ3v) is 4.96. The smallest absolute Gasteiger partial charge is 0.256 e. The number of carbonyl (C=O) groups excluding carboxylic acids is 1. The lowest BCUT2D eigenvalue weighted by molar-refractivity contribution is 0.0691. The van der Waals surface area contributed by atoms with Crippen molar-refractivity contribution in [3.63, 3.8) is 0 Å². The molecule has 7 heteroatoms. The van der Waals surface area contributed by atoms with Crippen molar-refractivity contribution in [2.45, 2.75) is 18.8 Å². The molecule has 3 aromatic rings. The minimum Gasteiger partial charge on any atom is -0.339 e. The number of amides is 1. The van der Waals surface area contributed by atoms with E-state index < -0.39 is 5.82 Å². The second kappa shape index (κ2) is 7.48. The molecule has 0 bridgehead atoms. The molecule has 27 heavy (non-hydrogen) atoms. The predicted octanol–water partition coefficient (Wildman–Crippen LogP) is 4.55. The highest BCUT2D eigenvalue weighted by Crippen LogP contribution is 2.29. The van der Waals surface area contributed by atoms with E-state index >= 15 is 0 Å². The van der Waals surface area contributed by atoms with E-state index in [1.807, 2.05) is 12.1 Å². The molecule has 1 atom stereocenters. The normalized spacial score (nSPS) is 17.1. The molecule has 1 aromatic heterocycles. The molecule has 1 aliphatic heterocycles. The fourth-order valence-electron chi connectivity index (χ4n) is 3.29. The Bertz CT molecular complexity index is 958. The van der Waals surface area contributed by atoms with Crippen molar-refractivity contribution < 1.29 is 13.7 Å². The Labute approximate surface area is 160 Å². The summed E-state index contributed by atoms with van der Waals surface area (Å²) in [5.74, 6) is 0.0934. The van der Waals surface area contributed by atoms with Gasteiger partial charge in [0.15, 0.2) is 0 Å². The lowest BCUT2D eigenvalue weighted by Crippen LogP contribution is -2.39. The van der Waals surface area contributed by atoms with Crippen LogP contribution in [0.25, 0.3) is 11.4 Å². The number of hydrogen-bond donors (Lipinski definition) is 0. The van der Waals surface area contributed by atoms with Crippen LogP contribution in [0.15, 0.2) is 53.1 Å². The third-order valence-electron chi connectivity index (χ3n) is 4.71. The van der Waals surface area contributed by atoms with Gasteiger partial charge in [0.25, 0.3) is 5.91 Å². The molecule has 0 aliphatic carbocycles. The van der Waals surface area contributed by atoms with Crippen LogP contribution in [0.4, 0.5) is 4.39 Å². The predicted molar refractivity (Wildman–Crippen MR) is 99.0 cm³/mol. The van der Waals surface area contributed by atoms with Gasteiger partial charge in [-0.15, -0.1) is 0 Å². The van der Waals surface area contributed by atoms with E-state index in [4.69, 9.17) is 16.1 Å². The SMILES string of the molecule is O=C(c1ccccc1F)N1CCC[C@@H](c2nc(-c3ccc(Cl)cc3)no2)C1.